The Bertz CT molecular complexity index is 1150. The van der Waals surface area contributed by atoms with Crippen molar-refractivity contribution in [2.24, 2.45) is 0 Å². The highest BCUT2D eigenvalue weighted by Crippen LogP contribution is 2.44. The molecular formula is C24H24F4N4O. The van der Waals surface area contributed by atoms with Crippen molar-refractivity contribution < 1.29 is 22.4 Å². The van der Waals surface area contributed by atoms with Gasteiger partial charge in [-0.05, 0) is 36.1 Å². The van der Waals surface area contributed by atoms with Crippen LogP contribution in [0.5, 0.6) is 0 Å². The topological polar surface area (TPSA) is 59.0 Å². The van der Waals surface area contributed by atoms with Crippen LogP contribution in [-0.4, -0.2) is 21.9 Å². The molecule has 4 rings (SSSR count). The lowest BCUT2D eigenvalue weighted by atomic mass is 9.95. The van der Waals surface area contributed by atoms with Crippen molar-refractivity contribution >= 4 is 11.7 Å². The Balaban J connectivity index is 1.60. The number of carbonyl (C=O) groups is 1. The highest BCUT2D eigenvalue weighted by Gasteiger charge is 2.47. The van der Waals surface area contributed by atoms with Crippen LogP contribution < -0.4 is 10.6 Å². The second-order valence-electron chi connectivity index (χ2n) is 8.21. The van der Waals surface area contributed by atoms with E-state index in [-0.39, 0.29) is 29.9 Å². The molecule has 0 unspecified atom stereocenters. The summed E-state index contributed by atoms with van der Waals surface area (Å²) in [6.45, 7) is 3.65. The number of anilines is 1. The molecule has 2 atom stereocenters. The maximum atomic E-state index is 14.1. The summed E-state index contributed by atoms with van der Waals surface area (Å²) >= 11 is 0. The number of rotatable bonds is 5. The highest BCUT2D eigenvalue weighted by molar-refractivity contribution is 5.98. The van der Waals surface area contributed by atoms with Crippen molar-refractivity contribution in [1.82, 2.24) is 15.1 Å². The molecule has 1 amide bonds. The van der Waals surface area contributed by atoms with Crippen LogP contribution >= 0.6 is 0 Å². The van der Waals surface area contributed by atoms with E-state index in [2.05, 4.69) is 15.7 Å². The molecule has 9 heteroatoms. The molecule has 3 aromatic rings. The normalized spacial score (nSPS) is 17.9. The summed E-state index contributed by atoms with van der Waals surface area (Å²) in [6.07, 6.45) is -2.85. The van der Waals surface area contributed by atoms with Gasteiger partial charge in [0.05, 0.1) is 12.2 Å². The lowest BCUT2D eigenvalue weighted by molar-refractivity contribution is -0.173. The first-order chi connectivity index (χ1) is 15.7. The summed E-state index contributed by atoms with van der Waals surface area (Å²) in [5.41, 5.74) is 2.78. The Kier molecular flexibility index (Phi) is 6.14. The Morgan fingerprint density at radius 2 is 1.94 bits per heavy atom. The van der Waals surface area contributed by atoms with E-state index in [0.29, 0.717) is 5.56 Å². The summed E-state index contributed by atoms with van der Waals surface area (Å²) in [5, 5.41) is 9.51. The molecule has 2 aromatic carbocycles. The minimum Gasteiger partial charge on any atom is -0.363 e. The SMILES string of the molecule is CCc1ccc([C@H]2C[C@@H](C(F)(F)F)n3ncc(C(=O)NCc4ccc(C)cc4F)c3N2)cc1. The third-order valence-corrected chi connectivity index (χ3v) is 5.92. The van der Waals surface area contributed by atoms with Crippen LogP contribution in [0.2, 0.25) is 0 Å². The average Bonchev–Trinajstić information content (AvgIpc) is 3.21. The molecule has 0 spiro atoms. The fourth-order valence-corrected chi connectivity index (χ4v) is 4.00. The van der Waals surface area contributed by atoms with E-state index < -0.39 is 30.0 Å². The van der Waals surface area contributed by atoms with Gasteiger partial charge in [0.1, 0.15) is 17.2 Å². The zero-order valence-corrected chi connectivity index (χ0v) is 18.2. The first kappa shape index (κ1) is 22.8. The Labute approximate surface area is 188 Å². The van der Waals surface area contributed by atoms with Crippen molar-refractivity contribution in [3.8, 4) is 0 Å². The first-order valence-electron chi connectivity index (χ1n) is 10.7. The third-order valence-electron chi connectivity index (χ3n) is 5.92. The predicted molar refractivity (Wildman–Crippen MR) is 116 cm³/mol. The monoisotopic (exact) mass is 460 g/mol. The van der Waals surface area contributed by atoms with Gasteiger partial charge in [0.15, 0.2) is 6.04 Å². The second-order valence-corrected chi connectivity index (χ2v) is 8.21. The largest absolute Gasteiger partial charge is 0.410 e. The molecule has 0 aliphatic carbocycles. The lowest BCUT2D eigenvalue weighted by Crippen LogP contribution is -2.36. The summed E-state index contributed by atoms with van der Waals surface area (Å²) in [7, 11) is 0. The fourth-order valence-electron chi connectivity index (χ4n) is 4.00. The van der Waals surface area contributed by atoms with E-state index in [1.807, 2.05) is 19.1 Å². The van der Waals surface area contributed by atoms with Gasteiger partial charge in [-0.2, -0.15) is 18.3 Å². The molecule has 2 heterocycles. The number of fused-ring (bicyclic) bond motifs is 1. The standard InChI is InChI=1S/C24H24F4N4O/c1-3-15-5-8-16(9-6-15)20-11-21(24(26,27)28)32-22(31-20)18(13-30-32)23(33)29-12-17-7-4-14(2)10-19(17)25/h4-10,13,20-21,31H,3,11-12H2,1-2H3,(H,29,33)/t20-,21+/m1/s1. The predicted octanol–water partition coefficient (Wildman–Crippen LogP) is 5.48. The molecule has 5 nitrogen and oxygen atoms in total. The number of halogens is 4. The molecule has 0 radical (unpaired) electrons. The van der Waals surface area contributed by atoms with Crippen LogP contribution in [0.15, 0.2) is 48.7 Å². The van der Waals surface area contributed by atoms with E-state index in [1.54, 1.807) is 31.2 Å². The van der Waals surface area contributed by atoms with Gasteiger partial charge in [0, 0.05) is 18.5 Å². The van der Waals surface area contributed by atoms with Gasteiger partial charge in [-0.15, -0.1) is 0 Å². The number of hydrogen-bond donors (Lipinski definition) is 2. The van der Waals surface area contributed by atoms with Crippen LogP contribution in [0, 0.1) is 12.7 Å². The molecule has 1 aromatic heterocycles. The molecule has 33 heavy (non-hydrogen) atoms. The molecule has 0 fully saturated rings. The number of amides is 1. The Hall–Kier alpha value is -3.36. The molecular weight excluding hydrogens is 436 g/mol. The quantitative estimate of drug-likeness (QED) is 0.496. The molecule has 0 saturated heterocycles. The summed E-state index contributed by atoms with van der Waals surface area (Å²) < 4.78 is 56.5. The number of aromatic nitrogens is 2. The van der Waals surface area contributed by atoms with E-state index >= 15 is 0 Å². The van der Waals surface area contributed by atoms with Crippen molar-refractivity contribution in [3.63, 3.8) is 0 Å². The number of nitrogens with one attached hydrogen (secondary N) is 2. The number of aryl methyl sites for hydroxylation is 2. The average molecular weight is 460 g/mol. The lowest BCUT2D eigenvalue weighted by Gasteiger charge is -2.34. The van der Waals surface area contributed by atoms with Crippen LogP contribution in [-0.2, 0) is 13.0 Å². The molecule has 1 aliphatic rings. The summed E-state index contributed by atoms with van der Waals surface area (Å²) in [4.78, 5) is 12.8. The maximum absolute atomic E-state index is 14.1. The number of alkyl halides is 3. The fraction of sp³-hybridized carbons (Fsp3) is 0.333. The van der Waals surface area contributed by atoms with Crippen molar-refractivity contribution in [2.75, 3.05) is 5.32 Å². The summed E-state index contributed by atoms with van der Waals surface area (Å²) in [5.74, 6) is -1.10. The third kappa shape index (κ3) is 4.72. The first-order valence-corrected chi connectivity index (χ1v) is 10.7. The van der Waals surface area contributed by atoms with E-state index in [9.17, 15) is 22.4 Å². The number of benzene rings is 2. The minimum atomic E-state index is -4.54. The van der Waals surface area contributed by atoms with Gasteiger partial charge in [-0.25, -0.2) is 9.07 Å². The molecule has 0 saturated carbocycles. The van der Waals surface area contributed by atoms with Crippen LogP contribution in [0.25, 0.3) is 0 Å². The molecule has 1 aliphatic heterocycles. The van der Waals surface area contributed by atoms with Crippen molar-refractivity contribution in [3.05, 3.63) is 82.3 Å². The number of carbonyl (C=O) groups excluding carboxylic acids is 1. The smallest absolute Gasteiger partial charge is 0.363 e. The Morgan fingerprint density at radius 3 is 2.58 bits per heavy atom. The minimum absolute atomic E-state index is 0.00461. The van der Waals surface area contributed by atoms with Crippen LogP contribution in [0.3, 0.4) is 0 Å². The van der Waals surface area contributed by atoms with E-state index in [1.165, 1.54) is 6.07 Å². The molecule has 174 valence electrons. The van der Waals surface area contributed by atoms with E-state index in [4.69, 9.17) is 0 Å². The van der Waals surface area contributed by atoms with Gasteiger partial charge in [0.25, 0.3) is 5.91 Å². The van der Waals surface area contributed by atoms with Crippen molar-refractivity contribution in [1.29, 1.82) is 0 Å². The maximum Gasteiger partial charge on any atom is 0.410 e. The highest BCUT2D eigenvalue weighted by atomic mass is 19.4. The zero-order valence-electron chi connectivity index (χ0n) is 18.2. The van der Waals surface area contributed by atoms with Gasteiger partial charge in [-0.3, -0.25) is 4.79 Å². The molecule has 2 N–H and O–H groups in total. The zero-order chi connectivity index (χ0) is 23.8. The van der Waals surface area contributed by atoms with Crippen molar-refractivity contribution in [2.45, 2.75) is 51.5 Å². The van der Waals surface area contributed by atoms with E-state index in [0.717, 1.165) is 28.4 Å². The number of nitrogens with zero attached hydrogens (tertiary/aromatic N) is 2. The van der Waals surface area contributed by atoms with Crippen LogP contribution in [0.4, 0.5) is 23.4 Å². The Morgan fingerprint density at radius 1 is 1.21 bits per heavy atom. The second kappa shape index (κ2) is 8.88. The molecule has 0 bridgehead atoms. The van der Waals surface area contributed by atoms with Crippen LogP contribution in [0.1, 0.15) is 58.0 Å². The van der Waals surface area contributed by atoms with Gasteiger partial charge >= 0.3 is 6.18 Å². The van der Waals surface area contributed by atoms with Gasteiger partial charge in [0.2, 0.25) is 0 Å². The summed E-state index contributed by atoms with van der Waals surface area (Å²) in [6, 6.07) is 9.49. The van der Waals surface area contributed by atoms with Gasteiger partial charge < -0.3 is 10.6 Å². The van der Waals surface area contributed by atoms with Gasteiger partial charge in [-0.1, -0.05) is 43.3 Å². The number of hydrogen-bond acceptors (Lipinski definition) is 3.